The van der Waals surface area contributed by atoms with E-state index in [-0.39, 0.29) is 11.2 Å². The van der Waals surface area contributed by atoms with Crippen LogP contribution in [0.5, 0.6) is 5.75 Å². The van der Waals surface area contributed by atoms with Gasteiger partial charge in [0.25, 0.3) is 0 Å². The van der Waals surface area contributed by atoms with E-state index >= 15 is 0 Å². The molecular weight excluding hydrogens is 238 g/mol. The molecule has 1 aromatic carbocycles. The van der Waals surface area contributed by atoms with E-state index in [1.54, 1.807) is 6.07 Å². The van der Waals surface area contributed by atoms with Gasteiger partial charge in [-0.2, -0.15) is 0 Å². The number of phenolic OH excluding ortho intramolecular Hbond substituents is 1. The van der Waals surface area contributed by atoms with Crippen LogP contribution in [0.3, 0.4) is 0 Å². The first-order valence-corrected chi connectivity index (χ1v) is 6.88. The number of hydrogen-bond acceptors (Lipinski definition) is 3. The molecule has 0 atom stereocenters. The number of phenols is 1. The van der Waals surface area contributed by atoms with Crippen LogP contribution in [-0.2, 0) is 11.3 Å². The number of hydrogen-bond donors (Lipinski definition) is 1. The molecule has 106 valence electrons. The minimum atomic E-state index is -0.152. The van der Waals surface area contributed by atoms with Gasteiger partial charge in [-0.3, -0.25) is 4.90 Å². The summed E-state index contributed by atoms with van der Waals surface area (Å²) in [5, 5.41) is 9.97. The van der Waals surface area contributed by atoms with Crippen molar-refractivity contribution in [2.75, 3.05) is 13.1 Å². The Morgan fingerprint density at radius 3 is 2.32 bits per heavy atom. The summed E-state index contributed by atoms with van der Waals surface area (Å²) in [6.07, 6.45) is 0. The Labute approximate surface area is 116 Å². The fraction of sp³-hybridized carbons (Fsp3) is 0.625. The third-order valence-electron chi connectivity index (χ3n) is 3.39. The molecule has 3 nitrogen and oxygen atoms in total. The monoisotopic (exact) mass is 263 g/mol. The maximum absolute atomic E-state index is 9.97. The number of rotatable bonds is 2. The highest BCUT2D eigenvalue weighted by atomic mass is 16.5. The van der Waals surface area contributed by atoms with Crippen LogP contribution in [0.2, 0.25) is 0 Å². The van der Waals surface area contributed by atoms with Gasteiger partial charge in [0, 0.05) is 25.2 Å². The molecule has 2 rings (SSSR count). The normalized spacial score (nSPS) is 22.4. The highest BCUT2D eigenvalue weighted by Crippen LogP contribution is 2.30. The third kappa shape index (κ3) is 3.71. The predicted molar refractivity (Wildman–Crippen MR) is 77.4 cm³/mol. The lowest BCUT2D eigenvalue weighted by Gasteiger charge is -2.47. The van der Waals surface area contributed by atoms with Crippen molar-refractivity contribution in [3.63, 3.8) is 0 Å². The molecule has 0 amide bonds. The smallest absolute Gasteiger partial charge is 0.120 e. The van der Waals surface area contributed by atoms with Gasteiger partial charge in [0.15, 0.2) is 0 Å². The van der Waals surface area contributed by atoms with E-state index in [1.165, 1.54) is 5.56 Å². The van der Waals surface area contributed by atoms with Crippen molar-refractivity contribution < 1.29 is 9.84 Å². The van der Waals surface area contributed by atoms with E-state index in [0.29, 0.717) is 5.75 Å². The summed E-state index contributed by atoms with van der Waals surface area (Å²) < 4.78 is 6.08. The summed E-state index contributed by atoms with van der Waals surface area (Å²) in [6, 6.07) is 5.78. The average molecular weight is 263 g/mol. The van der Waals surface area contributed by atoms with Crippen molar-refractivity contribution in [3.05, 3.63) is 29.3 Å². The van der Waals surface area contributed by atoms with Gasteiger partial charge < -0.3 is 9.84 Å². The molecule has 1 fully saturated rings. The molecule has 1 heterocycles. The van der Waals surface area contributed by atoms with Crippen LogP contribution in [0, 0.1) is 6.92 Å². The summed E-state index contributed by atoms with van der Waals surface area (Å²) >= 11 is 0. The van der Waals surface area contributed by atoms with Crippen LogP contribution in [0.15, 0.2) is 18.2 Å². The number of aromatic hydroxyl groups is 1. The molecule has 1 aliphatic rings. The van der Waals surface area contributed by atoms with Gasteiger partial charge in [-0.15, -0.1) is 0 Å². The maximum atomic E-state index is 9.97. The highest BCUT2D eigenvalue weighted by molar-refractivity contribution is 5.35. The van der Waals surface area contributed by atoms with E-state index in [9.17, 15) is 5.11 Å². The lowest BCUT2D eigenvalue weighted by Crippen LogP contribution is -2.56. The van der Waals surface area contributed by atoms with Crippen LogP contribution >= 0.6 is 0 Å². The molecule has 0 unspecified atom stereocenters. The first-order valence-electron chi connectivity index (χ1n) is 6.88. The van der Waals surface area contributed by atoms with E-state index in [4.69, 9.17) is 4.74 Å². The molecule has 0 aromatic heterocycles. The second-order valence-corrected chi connectivity index (χ2v) is 6.90. The van der Waals surface area contributed by atoms with E-state index in [1.807, 2.05) is 6.07 Å². The molecule has 1 aromatic rings. The first-order chi connectivity index (χ1) is 8.67. The number of ether oxygens (including phenoxy) is 1. The molecule has 1 N–H and O–H groups in total. The van der Waals surface area contributed by atoms with Gasteiger partial charge in [0.05, 0.1) is 11.2 Å². The van der Waals surface area contributed by atoms with E-state index in [0.717, 1.165) is 25.2 Å². The Morgan fingerprint density at radius 2 is 1.74 bits per heavy atom. The van der Waals surface area contributed by atoms with Crippen LogP contribution in [0.4, 0.5) is 0 Å². The molecule has 3 heteroatoms. The number of nitrogens with zero attached hydrogens (tertiary/aromatic N) is 1. The lowest BCUT2D eigenvalue weighted by atomic mass is 9.98. The molecule has 1 saturated heterocycles. The van der Waals surface area contributed by atoms with Crippen molar-refractivity contribution in [2.45, 2.75) is 52.4 Å². The molecule has 0 spiro atoms. The lowest BCUT2D eigenvalue weighted by molar-refractivity contribution is -0.182. The Morgan fingerprint density at radius 1 is 1.16 bits per heavy atom. The van der Waals surface area contributed by atoms with Crippen molar-refractivity contribution >= 4 is 0 Å². The number of aryl methyl sites for hydroxylation is 1. The zero-order valence-electron chi connectivity index (χ0n) is 12.7. The second kappa shape index (κ2) is 4.80. The predicted octanol–water partition coefficient (Wildman–Crippen LogP) is 3.09. The second-order valence-electron chi connectivity index (χ2n) is 6.90. The van der Waals surface area contributed by atoms with Crippen LogP contribution in [-0.4, -0.2) is 34.3 Å². The fourth-order valence-corrected chi connectivity index (χ4v) is 3.14. The largest absolute Gasteiger partial charge is 0.508 e. The minimum absolute atomic E-state index is 0.152. The Kier molecular flexibility index (Phi) is 3.63. The highest BCUT2D eigenvalue weighted by Gasteiger charge is 2.38. The minimum Gasteiger partial charge on any atom is -0.508 e. The number of morpholine rings is 1. The molecule has 0 saturated carbocycles. The number of benzene rings is 1. The fourth-order valence-electron chi connectivity index (χ4n) is 3.14. The SMILES string of the molecule is Cc1ccc(O)c(CN2CC(C)(C)OC(C)(C)C2)c1. The Balaban J connectivity index is 2.16. The van der Waals surface area contributed by atoms with Gasteiger partial charge in [0.2, 0.25) is 0 Å². The summed E-state index contributed by atoms with van der Waals surface area (Å²) in [6.45, 7) is 13.1. The van der Waals surface area contributed by atoms with Crippen molar-refractivity contribution in [2.24, 2.45) is 0 Å². The van der Waals surface area contributed by atoms with Crippen LogP contribution in [0.1, 0.15) is 38.8 Å². The summed E-state index contributed by atoms with van der Waals surface area (Å²) in [7, 11) is 0. The van der Waals surface area contributed by atoms with E-state index < -0.39 is 0 Å². The third-order valence-corrected chi connectivity index (χ3v) is 3.39. The van der Waals surface area contributed by atoms with Gasteiger partial charge in [-0.1, -0.05) is 17.7 Å². The van der Waals surface area contributed by atoms with Crippen molar-refractivity contribution in [1.82, 2.24) is 4.90 Å². The van der Waals surface area contributed by atoms with Crippen LogP contribution < -0.4 is 0 Å². The van der Waals surface area contributed by atoms with E-state index in [2.05, 4.69) is 45.6 Å². The van der Waals surface area contributed by atoms with Crippen LogP contribution in [0.25, 0.3) is 0 Å². The van der Waals surface area contributed by atoms with Gasteiger partial charge in [-0.25, -0.2) is 0 Å². The maximum Gasteiger partial charge on any atom is 0.120 e. The summed E-state index contributed by atoms with van der Waals surface area (Å²) in [5.41, 5.74) is 1.87. The first kappa shape index (κ1) is 14.4. The summed E-state index contributed by atoms with van der Waals surface area (Å²) in [4.78, 5) is 2.36. The van der Waals surface area contributed by atoms with Crippen molar-refractivity contribution in [3.8, 4) is 5.75 Å². The average Bonchev–Trinajstić information content (AvgIpc) is 2.18. The van der Waals surface area contributed by atoms with Gasteiger partial charge in [-0.05, 0) is 40.7 Å². The van der Waals surface area contributed by atoms with Gasteiger partial charge >= 0.3 is 0 Å². The Bertz CT molecular complexity index is 450. The Hall–Kier alpha value is -1.06. The summed E-state index contributed by atoms with van der Waals surface area (Å²) in [5.74, 6) is 0.382. The van der Waals surface area contributed by atoms with Crippen molar-refractivity contribution in [1.29, 1.82) is 0 Å². The molecular formula is C16H25NO2. The topological polar surface area (TPSA) is 32.7 Å². The standard InChI is InChI=1S/C16H25NO2/c1-12-6-7-14(18)13(8-12)9-17-10-15(2,3)19-16(4,5)11-17/h6-8,18H,9-11H2,1-5H3. The molecule has 0 aliphatic carbocycles. The molecule has 0 bridgehead atoms. The molecule has 0 radical (unpaired) electrons. The zero-order valence-corrected chi connectivity index (χ0v) is 12.7. The molecule has 19 heavy (non-hydrogen) atoms. The van der Waals surface area contributed by atoms with Gasteiger partial charge in [0.1, 0.15) is 5.75 Å². The molecule has 1 aliphatic heterocycles. The zero-order chi connectivity index (χ0) is 14.3. The quantitative estimate of drug-likeness (QED) is 0.890.